The molecule has 0 spiro atoms. The molecule has 2 amide bonds. The molecule has 0 radical (unpaired) electrons. The Labute approximate surface area is 172 Å². The van der Waals surface area contributed by atoms with Crippen LogP contribution in [0.4, 0.5) is 0 Å². The van der Waals surface area contributed by atoms with E-state index in [1.54, 1.807) is 6.08 Å². The average molecular weight is 410 g/mol. The van der Waals surface area contributed by atoms with Gasteiger partial charge in [0, 0.05) is 29.9 Å². The number of ether oxygens (including phenoxy) is 2. The highest BCUT2D eigenvalue weighted by Gasteiger charge is 2.32. The average Bonchev–Trinajstić information content (AvgIpc) is 3.40. The second-order valence-electron chi connectivity index (χ2n) is 7.28. The summed E-state index contributed by atoms with van der Waals surface area (Å²) in [5.74, 6) is -0.986. The predicted molar refractivity (Wildman–Crippen MR) is 109 cm³/mol. The highest BCUT2D eigenvalue weighted by molar-refractivity contribution is 6.24. The number of para-hydroxylation sites is 1. The molecule has 1 fully saturated rings. The first-order valence-electron chi connectivity index (χ1n) is 9.67. The van der Waals surface area contributed by atoms with E-state index in [4.69, 9.17) is 9.47 Å². The van der Waals surface area contributed by atoms with Crippen LogP contribution in [0.5, 0.6) is 0 Å². The Balaban J connectivity index is 1.74. The van der Waals surface area contributed by atoms with Crippen LogP contribution in [0.3, 0.4) is 0 Å². The van der Waals surface area contributed by atoms with Gasteiger partial charge in [-0.2, -0.15) is 0 Å². The van der Waals surface area contributed by atoms with Gasteiger partial charge >= 0.3 is 5.97 Å². The fourth-order valence-electron chi connectivity index (χ4n) is 3.37. The molecule has 0 bridgehead atoms. The van der Waals surface area contributed by atoms with E-state index in [9.17, 15) is 14.4 Å². The van der Waals surface area contributed by atoms with E-state index in [0.29, 0.717) is 11.3 Å². The second-order valence-corrected chi connectivity index (χ2v) is 7.28. The van der Waals surface area contributed by atoms with Crippen molar-refractivity contribution in [2.45, 2.75) is 38.3 Å². The third-order valence-electron chi connectivity index (χ3n) is 4.94. The van der Waals surface area contributed by atoms with Crippen LogP contribution in [-0.2, 0) is 30.3 Å². The predicted octanol–water partition coefficient (Wildman–Crippen LogP) is 1.39. The van der Waals surface area contributed by atoms with Crippen LogP contribution in [0.2, 0.25) is 0 Å². The normalized spacial score (nSPS) is 18.1. The molecule has 2 aliphatic rings. The third kappa shape index (κ3) is 4.05. The van der Waals surface area contributed by atoms with Crippen molar-refractivity contribution in [3.8, 4) is 0 Å². The summed E-state index contributed by atoms with van der Waals surface area (Å²) in [6, 6.07) is 6.72. The number of fused-ring (bicyclic) bond motifs is 1. The Morgan fingerprint density at radius 3 is 2.80 bits per heavy atom. The van der Waals surface area contributed by atoms with Gasteiger partial charge in [0.2, 0.25) is 11.8 Å². The van der Waals surface area contributed by atoms with Gasteiger partial charge < -0.3 is 19.8 Å². The highest BCUT2D eigenvalue weighted by Crippen LogP contribution is 2.29. The van der Waals surface area contributed by atoms with Crippen molar-refractivity contribution in [2.24, 2.45) is 5.10 Å². The van der Waals surface area contributed by atoms with Crippen molar-refractivity contribution in [3.63, 3.8) is 0 Å². The zero-order chi connectivity index (χ0) is 21.3. The van der Waals surface area contributed by atoms with Crippen molar-refractivity contribution < 1.29 is 23.9 Å². The fraction of sp³-hybridized carbons (Fsp3) is 0.333. The van der Waals surface area contributed by atoms with Gasteiger partial charge in [0.25, 0.3) is 5.91 Å². The summed E-state index contributed by atoms with van der Waals surface area (Å²) in [6.07, 6.45) is 3.82. The molecule has 1 aromatic carbocycles. The van der Waals surface area contributed by atoms with Gasteiger partial charge in [0.05, 0.1) is 7.11 Å². The van der Waals surface area contributed by atoms with Gasteiger partial charge in [-0.15, -0.1) is 5.10 Å². The molecule has 2 heterocycles. The summed E-state index contributed by atoms with van der Waals surface area (Å²) in [6.45, 7) is 1.34. The van der Waals surface area contributed by atoms with E-state index < -0.39 is 12.0 Å². The zero-order valence-electron chi connectivity index (χ0n) is 16.7. The quantitative estimate of drug-likeness (QED) is 0.491. The molecule has 156 valence electrons. The number of nitrogens with one attached hydrogen (secondary N) is 3. The Kier molecular flexibility index (Phi) is 5.26. The van der Waals surface area contributed by atoms with Gasteiger partial charge in [-0.05, 0) is 30.5 Å². The summed E-state index contributed by atoms with van der Waals surface area (Å²) in [5, 5.41) is 7.49. The molecule has 1 aliphatic carbocycles. The molecule has 0 saturated heterocycles. The second kappa shape index (κ2) is 8.02. The molecular weight excluding hydrogens is 388 g/mol. The van der Waals surface area contributed by atoms with E-state index in [2.05, 4.69) is 20.8 Å². The maximum Gasteiger partial charge on any atom is 0.328 e. The van der Waals surface area contributed by atoms with Crippen LogP contribution in [-0.4, -0.2) is 47.9 Å². The van der Waals surface area contributed by atoms with Crippen molar-refractivity contribution in [2.75, 3.05) is 7.11 Å². The minimum Gasteiger partial charge on any atom is -0.473 e. The highest BCUT2D eigenvalue weighted by atomic mass is 16.5. The van der Waals surface area contributed by atoms with E-state index in [-0.39, 0.29) is 30.2 Å². The Hall–Kier alpha value is -3.62. The largest absolute Gasteiger partial charge is 0.473 e. The summed E-state index contributed by atoms with van der Waals surface area (Å²) < 4.78 is 10.6. The summed E-state index contributed by atoms with van der Waals surface area (Å²) in [7, 11) is 1.27. The number of carbonyl (C=O) groups excluding carboxylic acids is 3. The molecule has 1 atom stereocenters. The minimum atomic E-state index is -0.864. The van der Waals surface area contributed by atoms with E-state index >= 15 is 0 Å². The van der Waals surface area contributed by atoms with E-state index in [1.165, 1.54) is 14.0 Å². The molecule has 9 nitrogen and oxygen atoms in total. The maximum atomic E-state index is 12.3. The van der Waals surface area contributed by atoms with Crippen LogP contribution in [0.15, 0.2) is 34.9 Å². The number of carbonyl (C=O) groups is 3. The molecule has 1 unspecified atom stereocenters. The molecular formula is C21H22N4O5. The number of benzene rings is 1. The molecule has 1 aliphatic heterocycles. The number of esters is 1. The Morgan fingerprint density at radius 2 is 2.10 bits per heavy atom. The molecule has 3 N–H and O–H groups in total. The van der Waals surface area contributed by atoms with Crippen LogP contribution in [0.1, 0.15) is 31.0 Å². The van der Waals surface area contributed by atoms with Gasteiger partial charge in [-0.1, -0.05) is 18.2 Å². The van der Waals surface area contributed by atoms with Crippen molar-refractivity contribution in [1.29, 1.82) is 0 Å². The number of hydrogen-bond donors (Lipinski definition) is 3. The van der Waals surface area contributed by atoms with Crippen molar-refractivity contribution in [3.05, 3.63) is 41.1 Å². The SMILES string of the molecule is COC(=O)C(Cc1c(C=C2C(=O)NN=C2OC2CC2)[nH]c2ccccc12)NC(C)=O. The van der Waals surface area contributed by atoms with Crippen molar-refractivity contribution in [1.82, 2.24) is 15.7 Å². The number of nitrogens with zero attached hydrogens (tertiary/aromatic N) is 1. The smallest absolute Gasteiger partial charge is 0.328 e. The number of rotatable bonds is 6. The summed E-state index contributed by atoms with van der Waals surface area (Å²) in [5.41, 5.74) is 4.98. The Bertz CT molecular complexity index is 1080. The number of amides is 2. The fourth-order valence-corrected chi connectivity index (χ4v) is 3.37. The third-order valence-corrected chi connectivity index (χ3v) is 4.94. The lowest BCUT2D eigenvalue weighted by Gasteiger charge is -2.16. The summed E-state index contributed by atoms with van der Waals surface area (Å²) >= 11 is 0. The van der Waals surface area contributed by atoms with Crippen LogP contribution in [0.25, 0.3) is 17.0 Å². The first-order valence-corrected chi connectivity index (χ1v) is 9.67. The van der Waals surface area contributed by atoms with Gasteiger partial charge in [-0.3, -0.25) is 9.59 Å². The first-order chi connectivity index (χ1) is 14.5. The number of methoxy groups -OCH3 is 1. The van der Waals surface area contributed by atoms with Crippen molar-refractivity contribution >= 4 is 40.7 Å². The number of H-pyrrole nitrogens is 1. The Morgan fingerprint density at radius 1 is 1.33 bits per heavy atom. The number of hydrogen-bond acceptors (Lipinski definition) is 6. The standard InChI is InChI=1S/C21H22N4O5/c1-11(26)22-18(21(28)29-2)9-14-13-5-3-4-6-16(13)23-17(14)10-15-19(27)24-25-20(15)30-12-7-8-12/h3-6,10,12,18,23H,7-9H2,1-2H3,(H,22,26)(H,24,27). The van der Waals surface area contributed by atoms with Gasteiger partial charge in [-0.25, -0.2) is 10.2 Å². The topological polar surface area (TPSA) is 122 Å². The lowest BCUT2D eigenvalue weighted by molar-refractivity contribution is -0.144. The molecule has 2 aromatic rings. The molecule has 30 heavy (non-hydrogen) atoms. The molecule has 1 saturated carbocycles. The molecule has 1 aromatic heterocycles. The van der Waals surface area contributed by atoms with E-state index in [0.717, 1.165) is 29.3 Å². The van der Waals surface area contributed by atoms with Crippen LogP contribution >= 0.6 is 0 Å². The van der Waals surface area contributed by atoms with E-state index in [1.807, 2.05) is 24.3 Å². The lowest BCUT2D eigenvalue weighted by atomic mass is 10.0. The summed E-state index contributed by atoms with van der Waals surface area (Å²) in [4.78, 5) is 39.4. The zero-order valence-corrected chi connectivity index (χ0v) is 16.7. The lowest BCUT2D eigenvalue weighted by Crippen LogP contribution is -2.42. The first kappa shape index (κ1) is 19.7. The minimum absolute atomic E-state index is 0.0884. The van der Waals surface area contributed by atoms with Gasteiger partial charge in [0.15, 0.2) is 0 Å². The number of aromatic amines is 1. The number of aromatic nitrogens is 1. The number of hydrazone groups is 1. The molecule has 4 rings (SSSR count). The van der Waals surface area contributed by atoms with Crippen LogP contribution in [0, 0.1) is 0 Å². The van der Waals surface area contributed by atoms with Crippen LogP contribution < -0.4 is 10.7 Å². The molecule has 9 heteroatoms. The maximum absolute atomic E-state index is 12.3. The van der Waals surface area contributed by atoms with Gasteiger partial charge in [0.1, 0.15) is 17.7 Å². The monoisotopic (exact) mass is 410 g/mol.